The van der Waals surface area contributed by atoms with E-state index in [0.29, 0.717) is 6.54 Å². The van der Waals surface area contributed by atoms with Gasteiger partial charge < -0.3 is 9.84 Å². The maximum atomic E-state index is 11.0. The Balaban J connectivity index is 1.90. The lowest BCUT2D eigenvalue weighted by molar-refractivity contribution is 0.247. The van der Waals surface area contributed by atoms with Crippen molar-refractivity contribution in [1.29, 1.82) is 0 Å². The summed E-state index contributed by atoms with van der Waals surface area (Å²) in [6.45, 7) is 2.53. The molecule has 0 spiro atoms. The van der Waals surface area contributed by atoms with E-state index in [1.165, 1.54) is 11.9 Å². The number of rotatable bonds is 7. The Labute approximate surface area is 103 Å². The Hall–Kier alpha value is -0.820. The molecular formula is C9H15N3O2S2. The van der Waals surface area contributed by atoms with Crippen LogP contribution < -0.4 is 10.0 Å². The summed E-state index contributed by atoms with van der Waals surface area (Å²) in [5.74, 6) is 2.68. The molecule has 16 heavy (non-hydrogen) atoms. The van der Waals surface area contributed by atoms with Crippen LogP contribution in [0.4, 0.5) is 4.79 Å². The Morgan fingerprint density at radius 2 is 2.44 bits per heavy atom. The molecule has 1 heterocycles. The van der Waals surface area contributed by atoms with Crippen molar-refractivity contribution in [2.24, 2.45) is 0 Å². The van der Waals surface area contributed by atoms with Crippen LogP contribution in [-0.2, 0) is 5.75 Å². The summed E-state index contributed by atoms with van der Waals surface area (Å²) in [6, 6.07) is 1.72. The molecule has 2 N–H and O–H groups in total. The van der Waals surface area contributed by atoms with Gasteiger partial charge in [0.25, 0.3) is 0 Å². The van der Waals surface area contributed by atoms with E-state index in [2.05, 4.69) is 15.2 Å². The van der Waals surface area contributed by atoms with Crippen molar-refractivity contribution >= 4 is 29.7 Å². The molecule has 0 saturated heterocycles. The molecule has 0 aliphatic rings. The van der Waals surface area contributed by atoms with Gasteiger partial charge in [0.15, 0.2) is 0 Å². The van der Waals surface area contributed by atoms with Crippen molar-refractivity contribution in [2.45, 2.75) is 12.7 Å². The number of hydrogen-bond donors (Lipinski definition) is 2. The zero-order valence-corrected chi connectivity index (χ0v) is 10.7. The molecule has 1 rings (SSSR count). The van der Waals surface area contributed by atoms with Gasteiger partial charge in [-0.2, -0.15) is 11.8 Å². The third-order valence-corrected chi connectivity index (χ3v) is 3.56. The highest BCUT2D eigenvalue weighted by molar-refractivity contribution is 8.01. The third-order valence-electron chi connectivity index (χ3n) is 1.57. The number of carbonyl (C=O) groups excluding carboxylic acids is 1. The molecule has 0 unspecified atom stereocenters. The van der Waals surface area contributed by atoms with E-state index in [0.717, 1.165) is 23.0 Å². The fraction of sp³-hybridized carbons (Fsp3) is 0.556. The number of carbonyl (C=O) groups is 1. The third kappa shape index (κ3) is 5.92. The minimum atomic E-state index is -0.131. The molecule has 0 aliphatic heterocycles. The second-order valence-electron chi connectivity index (χ2n) is 2.85. The predicted octanol–water partition coefficient (Wildman–Crippen LogP) is 1.88. The van der Waals surface area contributed by atoms with Crippen LogP contribution >= 0.6 is 23.7 Å². The van der Waals surface area contributed by atoms with Crippen molar-refractivity contribution in [3.63, 3.8) is 0 Å². The summed E-state index contributed by atoms with van der Waals surface area (Å²) in [5, 5.41) is 6.46. The SMILES string of the molecule is CCNC(=O)NSCCSCc1ccon1. The fourth-order valence-electron chi connectivity index (χ4n) is 0.903. The van der Waals surface area contributed by atoms with Crippen LogP contribution in [0.1, 0.15) is 12.6 Å². The molecule has 0 aliphatic carbocycles. The average Bonchev–Trinajstić information content (AvgIpc) is 2.76. The molecule has 2 amide bonds. The number of amides is 2. The molecule has 0 saturated carbocycles. The highest BCUT2D eigenvalue weighted by Crippen LogP contribution is 2.11. The monoisotopic (exact) mass is 261 g/mol. The molecule has 1 aromatic rings. The normalized spacial score (nSPS) is 10.1. The van der Waals surface area contributed by atoms with Crippen LogP contribution in [0, 0.1) is 0 Å². The Kier molecular flexibility index (Phi) is 6.91. The summed E-state index contributed by atoms with van der Waals surface area (Å²) in [7, 11) is 0. The van der Waals surface area contributed by atoms with Crippen molar-refractivity contribution in [3.05, 3.63) is 18.0 Å². The van der Waals surface area contributed by atoms with Crippen LogP contribution in [0.2, 0.25) is 0 Å². The quantitative estimate of drug-likeness (QED) is 0.579. The zero-order chi connectivity index (χ0) is 11.6. The van der Waals surface area contributed by atoms with Gasteiger partial charge in [0.05, 0.1) is 5.69 Å². The van der Waals surface area contributed by atoms with E-state index in [4.69, 9.17) is 4.52 Å². The van der Waals surface area contributed by atoms with Crippen LogP contribution in [0.3, 0.4) is 0 Å². The van der Waals surface area contributed by atoms with Crippen LogP contribution in [-0.4, -0.2) is 29.2 Å². The number of nitrogens with one attached hydrogen (secondary N) is 2. The van der Waals surface area contributed by atoms with E-state index < -0.39 is 0 Å². The first-order chi connectivity index (χ1) is 7.83. The van der Waals surface area contributed by atoms with Crippen molar-refractivity contribution in [2.75, 3.05) is 18.1 Å². The largest absolute Gasteiger partial charge is 0.364 e. The van der Waals surface area contributed by atoms with Gasteiger partial charge in [0.2, 0.25) is 0 Å². The molecule has 1 aromatic heterocycles. The van der Waals surface area contributed by atoms with Crippen LogP contribution in [0.5, 0.6) is 0 Å². The lowest BCUT2D eigenvalue weighted by Gasteiger charge is -2.03. The Bertz CT molecular complexity index is 293. The lowest BCUT2D eigenvalue weighted by atomic mass is 10.5. The van der Waals surface area contributed by atoms with Gasteiger partial charge in [-0.15, -0.1) is 0 Å². The smallest absolute Gasteiger partial charge is 0.324 e. The summed E-state index contributed by atoms with van der Waals surface area (Å²) >= 11 is 3.17. The van der Waals surface area contributed by atoms with E-state index >= 15 is 0 Å². The summed E-state index contributed by atoms with van der Waals surface area (Å²) in [5.41, 5.74) is 0.951. The maximum Gasteiger partial charge on any atom is 0.324 e. The van der Waals surface area contributed by atoms with Gasteiger partial charge in [-0.1, -0.05) is 5.16 Å². The van der Waals surface area contributed by atoms with Gasteiger partial charge in [-0.3, -0.25) is 4.72 Å². The molecule has 0 atom stereocenters. The van der Waals surface area contributed by atoms with Gasteiger partial charge >= 0.3 is 6.03 Å². The zero-order valence-electron chi connectivity index (χ0n) is 9.06. The highest BCUT2D eigenvalue weighted by atomic mass is 32.2. The maximum absolute atomic E-state index is 11.0. The number of hydrogen-bond acceptors (Lipinski definition) is 5. The molecule has 0 fully saturated rings. The van der Waals surface area contributed by atoms with Crippen LogP contribution in [0.15, 0.2) is 16.9 Å². The van der Waals surface area contributed by atoms with E-state index in [1.54, 1.807) is 18.0 Å². The fourth-order valence-corrected chi connectivity index (χ4v) is 2.52. The van der Waals surface area contributed by atoms with E-state index in [1.807, 2.05) is 13.0 Å². The van der Waals surface area contributed by atoms with Gasteiger partial charge in [0.1, 0.15) is 6.26 Å². The molecule has 0 radical (unpaired) electrons. The minimum absolute atomic E-state index is 0.131. The first-order valence-corrected chi connectivity index (χ1v) is 7.09. The molecule has 90 valence electrons. The first-order valence-electron chi connectivity index (χ1n) is 4.95. The lowest BCUT2D eigenvalue weighted by Crippen LogP contribution is -2.31. The number of urea groups is 1. The topological polar surface area (TPSA) is 67.2 Å². The van der Waals surface area contributed by atoms with E-state index in [9.17, 15) is 4.79 Å². The first kappa shape index (κ1) is 13.2. The van der Waals surface area contributed by atoms with E-state index in [-0.39, 0.29) is 6.03 Å². The molecule has 0 aromatic carbocycles. The number of aromatic nitrogens is 1. The van der Waals surface area contributed by atoms with Crippen molar-refractivity contribution in [3.8, 4) is 0 Å². The molecular weight excluding hydrogens is 246 g/mol. The van der Waals surface area contributed by atoms with Gasteiger partial charge in [-0.25, -0.2) is 4.79 Å². The molecule has 5 nitrogen and oxygen atoms in total. The minimum Gasteiger partial charge on any atom is -0.364 e. The standard InChI is InChI=1S/C9H15N3O2S2/c1-2-10-9(13)12-16-6-5-15-7-8-3-4-14-11-8/h3-4H,2,5-7H2,1H3,(H2,10,12,13). The Morgan fingerprint density at radius 1 is 1.56 bits per heavy atom. The second kappa shape index (κ2) is 8.35. The highest BCUT2D eigenvalue weighted by Gasteiger charge is 1.99. The predicted molar refractivity (Wildman–Crippen MR) is 67.3 cm³/mol. The van der Waals surface area contributed by atoms with Crippen molar-refractivity contribution < 1.29 is 9.32 Å². The second-order valence-corrected chi connectivity index (χ2v) is 4.86. The van der Waals surface area contributed by atoms with Gasteiger partial charge in [-0.05, 0) is 18.9 Å². The summed E-state index contributed by atoms with van der Waals surface area (Å²) in [6.07, 6.45) is 1.57. The molecule has 7 heteroatoms. The number of thioether (sulfide) groups is 1. The number of nitrogens with zero attached hydrogens (tertiary/aromatic N) is 1. The Morgan fingerprint density at radius 3 is 3.12 bits per heavy atom. The van der Waals surface area contributed by atoms with Gasteiger partial charge in [0, 0.05) is 29.9 Å². The summed E-state index contributed by atoms with van der Waals surface area (Å²) < 4.78 is 7.41. The summed E-state index contributed by atoms with van der Waals surface area (Å²) in [4.78, 5) is 11.0. The van der Waals surface area contributed by atoms with Crippen molar-refractivity contribution in [1.82, 2.24) is 15.2 Å². The average molecular weight is 261 g/mol. The van der Waals surface area contributed by atoms with Crippen LogP contribution in [0.25, 0.3) is 0 Å². The molecule has 0 bridgehead atoms.